The smallest absolute Gasteiger partial charge is 0.238 e. The third kappa shape index (κ3) is 5.92. The standard InChI is InChI=1S/C35H43N7O3/c1-18-15-42(16-19(2)36-18)17-30(43)39-27-11-10-23(12-26(27)35(6,7)8)33-32-24-14-29(44-9)25(31-20(3)41-45-21(31)4)13-28(24)40-34(32)38-22(5)37-33/h10-14,18-19,36H,15-17H2,1-9H3,(H,39,43)(H,37,38,40). The van der Waals surface area contributed by atoms with Gasteiger partial charge < -0.3 is 24.9 Å². The molecule has 0 saturated carbocycles. The van der Waals surface area contributed by atoms with Crippen LogP contribution in [0.1, 0.15) is 57.5 Å². The first-order valence-corrected chi connectivity index (χ1v) is 15.6. The van der Waals surface area contributed by atoms with Gasteiger partial charge in [-0.3, -0.25) is 9.69 Å². The Balaban J connectivity index is 1.42. The molecule has 2 atom stereocenters. The highest BCUT2D eigenvalue weighted by molar-refractivity contribution is 6.13. The van der Waals surface area contributed by atoms with Crippen LogP contribution in [0.3, 0.4) is 0 Å². The van der Waals surface area contributed by atoms with Crippen molar-refractivity contribution in [2.75, 3.05) is 32.1 Å². The van der Waals surface area contributed by atoms with Gasteiger partial charge >= 0.3 is 0 Å². The molecule has 3 N–H and O–H groups in total. The molecule has 1 amide bonds. The summed E-state index contributed by atoms with van der Waals surface area (Å²) in [6.45, 7) is 18.6. The van der Waals surface area contributed by atoms with Gasteiger partial charge in [0.1, 0.15) is 23.0 Å². The minimum absolute atomic E-state index is 0.00681. The van der Waals surface area contributed by atoms with Gasteiger partial charge in [-0.2, -0.15) is 0 Å². The normalized spacial score (nSPS) is 17.7. The molecule has 10 heteroatoms. The molecule has 4 heterocycles. The lowest BCUT2D eigenvalue weighted by molar-refractivity contribution is -0.117. The van der Waals surface area contributed by atoms with Crippen LogP contribution in [0.5, 0.6) is 5.75 Å². The Bertz CT molecular complexity index is 1890. The Morgan fingerprint density at radius 3 is 2.47 bits per heavy atom. The Hall–Kier alpha value is -4.28. The number of H-pyrrole nitrogens is 1. The first kappa shape index (κ1) is 30.7. The van der Waals surface area contributed by atoms with Crippen LogP contribution in [0.2, 0.25) is 0 Å². The van der Waals surface area contributed by atoms with Crippen molar-refractivity contribution in [3.63, 3.8) is 0 Å². The first-order chi connectivity index (χ1) is 21.3. The second-order valence-corrected chi connectivity index (χ2v) is 13.5. The zero-order valence-electron chi connectivity index (χ0n) is 27.7. The topological polar surface area (TPSA) is 121 Å². The summed E-state index contributed by atoms with van der Waals surface area (Å²) in [5.41, 5.74) is 7.69. The van der Waals surface area contributed by atoms with Crippen LogP contribution >= 0.6 is 0 Å². The summed E-state index contributed by atoms with van der Waals surface area (Å²) in [5.74, 6) is 2.10. The number of anilines is 1. The number of rotatable bonds is 6. The molecule has 0 aliphatic carbocycles. The molecule has 0 radical (unpaired) electrons. The molecule has 5 aromatic rings. The average Bonchev–Trinajstić information content (AvgIpc) is 3.48. The van der Waals surface area contributed by atoms with Crippen LogP contribution in [-0.2, 0) is 10.2 Å². The second-order valence-electron chi connectivity index (χ2n) is 13.5. The maximum Gasteiger partial charge on any atom is 0.238 e. The number of aryl methyl sites for hydroxylation is 3. The predicted octanol–water partition coefficient (Wildman–Crippen LogP) is 6.29. The van der Waals surface area contributed by atoms with E-state index in [4.69, 9.17) is 19.2 Å². The van der Waals surface area contributed by atoms with Crippen molar-refractivity contribution in [3.05, 3.63) is 53.2 Å². The fraction of sp³-hybridized carbons (Fsp3) is 0.429. The lowest BCUT2D eigenvalue weighted by Crippen LogP contribution is -2.55. The van der Waals surface area contributed by atoms with E-state index in [0.29, 0.717) is 30.2 Å². The molecule has 6 rings (SSSR count). The molecular weight excluding hydrogens is 566 g/mol. The quantitative estimate of drug-likeness (QED) is 0.206. The summed E-state index contributed by atoms with van der Waals surface area (Å²) in [6.07, 6.45) is 0. The van der Waals surface area contributed by atoms with E-state index in [9.17, 15) is 4.79 Å². The Kier molecular flexibility index (Phi) is 7.91. The highest BCUT2D eigenvalue weighted by Crippen LogP contribution is 2.42. The van der Waals surface area contributed by atoms with E-state index in [0.717, 1.165) is 80.1 Å². The highest BCUT2D eigenvalue weighted by atomic mass is 16.5. The number of piperazine rings is 1. The van der Waals surface area contributed by atoms with E-state index >= 15 is 0 Å². The van der Waals surface area contributed by atoms with Crippen molar-refractivity contribution in [1.82, 2.24) is 30.3 Å². The van der Waals surface area contributed by atoms with Crippen molar-refractivity contribution < 1.29 is 14.1 Å². The van der Waals surface area contributed by atoms with Crippen LogP contribution in [-0.4, -0.2) is 69.7 Å². The summed E-state index contributed by atoms with van der Waals surface area (Å²) < 4.78 is 11.3. The minimum Gasteiger partial charge on any atom is -0.496 e. The van der Waals surface area contributed by atoms with E-state index in [-0.39, 0.29) is 11.3 Å². The molecule has 2 unspecified atom stereocenters. The third-order valence-electron chi connectivity index (χ3n) is 8.56. The van der Waals surface area contributed by atoms with Crippen molar-refractivity contribution in [2.45, 2.75) is 72.9 Å². The summed E-state index contributed by atoms with van der Waals surface area (Å²) in [7, 11) is 1.67. The molecule has 1 saturated heterocycles. The number of aromatic amines is 1. The van der Waals surface area contributed by atoms with Gasteiger partial charge in [-0.15, -0.1) is 0 Å². The van der Waals surface area contributed by atoms with Gasteiger partial charge in [0.15, 0.2) is 0 Å². The van der Waals surface area contributed by atoms with Crippen molar-refractivity contribution >= 4 is 33.5 Å². The zero-order valence-corrected chi connectivity index (χ0v) is 27.7. The number of benzene rings is 2. The van der Waals surface area contributed by atoms with E-state index in [1.165, 1.54) is 0 Å². The van der Waals surface area contributed by atoms with E-state index in [1.54, 1.807) is 7.11 Å². The average molecular weight is 610 g/mol. The fourth-order valence-corrected chi connectivity index (χ4v) is 6.76. The van der Waals surface area contributed by atoms with Gasteiger partial charge in [-0.1, -0.05) is 32.0 Å². The lowest BCUT2D eigenvalue weighted by Gasteiger charge is -2.35. The summed E-state index contributed by atoms with van der Waals surface area (Å²) >= 11 is 0. The zero-order chi connectivity index (χ0) is 32.2. The fourth-order valence-electron chi connectivity index (χ4n) is 6.76. The molecule has 236 valence electrons. The largest absolute Gasteiger partial charge is 0.496 e. The molecule has 1 aliphatic heterocycles. The number of nitrogens with zero attached hydrogens (tertiary/aromatic N) is 4. The van der Waals surface area contributed by atoms with Gasteiger partial charge in [0.25, 0.3) is 0 Å². The maximum absolute atomic E-state index is 13.3. The van der Waals surface area contributed by atoms with Gasteiger partial charge in [-0.05, 0) is 69.9 Å². The number of hydrogen-bond donors (Lipinski definition) is 3. The van der Waals surface area contributed by atoms with Gasteiger partial charge in [0, 0.05) is 52.9 Å². The molecule has 0 bridgehead atoms. The highest BCUT2D eigenvalue weighted by Gasteiger charge is 2.26. The third-order valence-corrected chi connectivity index (χ3v) is 8.56. The second kappa shape index (κ2) is 11.6. The number of nitrogens with one attached hydrogen (secondary N) is 3. The van der Waals surface area contributed by atoms with Crippen molar-refractivity contribution in [1.29, 1.82) is 0 Å². The number of hydrogen-bond acceptors (Lipinski definition) is 8. The number of amides is 1. The Morgan fingerprint density at radius 2 is 1.82 bits per heavy atom. The van der Waals surface area contributed by atoms with Crippen LogP contribution in [0.15, 0.2) is 34.9 Å². The van der Waals surface area contributed by atoms with Crippen LogP contribution in [0.4, 0.5) is 5.69 Å². The molecule has 3 aromatic heterocycles. The van der Waals surface area contributed by atoms with E-state index in [2.05, 4.69) is 72.4 Å². The minimum atomic E-state index is -0.232. The molecule has 45 heavy (non-hydrogen) atoms. The Labute approximate surface area is 263 Å². The molecule has 2 aromatic carbocycles. The molecule has 1 fully saturated rings. The molecule has 0 spiro atoms. The molecular formula is C35H43N7O3. The summed E-state index contributed by atoms with van der Waals surface area (Å²) in [5, 5.41) is 12.8. The van der Waals surface area contributed by atoms with Crippen molar-refractivity contribution in [3.8, 4) is 28.1 Å². The SMILES string of the molecule is COc1cc2c(cc1-c1c(C)noc1C)[nH]c1nc(C)nc(-c3ccc(NC(=O)CN4CC(C)NC(C)C4)c(C(C)(C)C)c3)c12. The number of carbonyl (C=O) groups excluding carboxylic acids is 1. The lowest BCUT2D eigenvalue weighted by atomic mass is 9.84. The first-order valence-electron chi connectivity index (χ1n) is 15.6. The van der Waals surface area contributed by atoms with Gasteiger partial charge in [-0.25, -0.2) is 9.97 Å². The maximum atomic E-state index is 13.3. The number of ether oxygens (including phenoxy) is 1. The van der Waals surface area contributed by atoms with Crippen molar-refractivity contribution in [2.24, 2.45) is 0 Å². The summed E-state index contributed by atoms with van der Waals surface area (Å²) in [6, 6.07) is 11.0. The number of carbonyl (C=O) groups is 1. The monoisotopic (exact) mass is 609 g/mol. The summed E-state index contributed by atoms with van der Waals surface area (Å²) in [4.78, 5) is 28.7. The molecule has 1 aliphatic rings. The van der Waals surface area contributed by atoms with E-state index in [1.807, 2.05) is 39.0 Å². The van der Waals surface area contributed by atoms with E-state index < -0.39 is 0 Å². The van der Waals surface area contributed by atoms with Crippen LogP contribution in [0.25, 0.3) is 44.3 Å². The van der Waals surface area contributed by atoms with Crippen LogP contribution < -0.4 is 15.4 Å². The Morgan fingerprint density at radius 1 is 1.09 bits per heavy atom. The van der Waals surface area contributed by atoms with Crippen LogP contribution in [0, 0.1) is 20.8 Å². The number of fused-ring (bicyclic) bond motifs is 3. The number of methoxy groups -OCH3 is 1. The van der Waals surface area contributed by atoms with Gasteiger partial charge in [0.2, 0.25) is 5.91 Å². The number of aromatic nitrogens is 4. The molecule has 10 nitrogen and oxygen atoms in total. The van der Waals surface area contributed by atoms with Gasteiger partial charge in [0.05, 0.1) is 36.0 Å². The predicted molar refractivity (Wildman–Crippen MR) is 179 cm³/mol.